The van der Waals surface area contributed by atoms with Gasteiger partial charge in [0.15, 0.2) is 24.8 Å². The standard InChI is InChI=1S/C28H26O8/c1-31-28-24(35-26(30)19-13-7-3-8-14-19)23(34-25(29)18-11-5-2-6-12-18)22-21(33-28)17-32-27(36-22)20-15-9-4-10-16-20/h2-16,21-24,27-28H,17H2,1H3/t21-,22-,23+,24+,27-,28+/m1/s1. The van der Waals surface area contributed by atoms with Crippen molar-refractivity contribution in [3.05, 3.63) is 108 Å². The largest absolute Gasteiger partial charge is 0.452 e. The Labute approximate surface area is 208 Å². The molecule has 5 rings (SSSR count). The summed E-state index contributed by atoms with van der Waals surface area (Å²) < 4.78 is 35.5. The van der Waals surface area contributed by atoms with E-state index >= 15 is 0 Å². The first-order valence-electron chi connectivity index (χ1n) is 11.7. The predicted octanol–water partition coefficient (Wildman–Crippen LogP) is 3.92. The molecular weight excluding hydrogens is 464 g/mol. The van der Waals surface area contributed by atoms with Crippen LogP contribution in [0.3, 0.4) is 0 Å². The number of carbonyl (C=O) groups is 2. The second-order valence-electron chi connectivity index (χ2n) is 8.43. The van der Waals surface area contributed by atoms with Crippen LogP contribution in [0.15, 0.2) is 91.0 Å². The molecule has 8 heteroatoms. The van der Waals surface area contributed by atoms with Gasteiger partial charge in [-0.3, -0.25) is 0 Å². The Bertz CT molecular complexity index is 1150. The van der Waals surface area contributed by atoms with Gasteiger partial charge in [-0.2, -0.15) is 0 Å². The SMILES string of the molecule is CO[C@H]1O[C@@H]2CO[C@@H](c3ccccc3)O[C@H]2[C@H](OC(=O)c2ccccc2)[C@@H]1OC(=O)c1ccccc1. The van der Waals surface area contributed by atoms with Gasteiger partial charge in [0.2, 0.25) is 0 Å². The van der Waals surface area contributed by atoms with Crippen molar-refractivity contribution in [2.75, 3.05) is 13.7 Å². The minimum Gasteiger partial charge on any atom is -0.452 e. The molecule has 0 unspecified atom stereocenters. The molecule has 6 atom stereocenters. The monoisotopic (exact) mass is 490 g/mol. The van der Waals surface area contributed by atoms with Crippen molar-refractivity contribution < 1.29 is 38.0 Å². The maximum atomic E-state index is 13.1. The highest BCUT2D eigenvalue weighted by molar-refractivity contribution is 5.90. The summed E-state index contributed by atoms with van der Waals surface area (Å²) in [4.78, 5) is 26.1. The molecule has 0 aromatic heterocycles. The second-order valence-corrected chi connectivity index (χ2v) is 8.43. The molecule has 3 aromatic rings. The number of hydrogen-bond acceptors (Lipinski definition) is 8. The summed E-state index contributed by atoms with van der Waals surface area (Å²) in [7, 11) is 1.43. The number of ether oxygens (including phenoxy) is 6. The lowest BCUT2D eigenvalue weighted by atomic mass is 9.97. The number of hydrogen-bond donors (Lipinski definition) is 0. The van der Waals surface area contributed by atoms with Crippen molar-refractivity contribution >= 4 is 11.9 Å². The number of rotatable bonds is 6. The molecule has 0 N–H and O–H groups in total. The van der Waals surface area contributed by atoms with Gasteiger partial charge in [0, 0.05) is 12.7 Å². The van der Waals surface area contributed by atoms with E-state index < -0.39 is 48.9 Å². The molecule has 3 aromatic carbocycles. The van der Waals surface area contributed by atoms with Crippen LogP contribution in [0.5, 0.6) is 0 Å². The van der Waals surface area contributed by atoms with E-state index in [1.807, 2.05) is 30.3 Å². The fraction of sp³-hybridized carbons (Fsp3) is 0.286. The van der Waals surface area contributed by atoms with Crippen LogP contribution in [-0.4, -0.2) is 56.4 Å². The van der Waals surface area contributed by atoms with Crippen LogP contribution >= 0.6 is 0 Å². The van der Waals surface area contributed by atoms with Crippen molar-refractivity contribution in [2.24, 2.45) is 0 Å². The summed E-state index contributed by atoms with van der Waals surface area (Å²) >= 11 is 0. The summed E-state index contributed by atoms with van der Waals surface area (Å²) in [5.74, 6) is -1.18. The molecule has 8 nitrogen and oxygen atoms in total. The van der Waals surface area contributed by atoms with E-state index in [0.29, 0.717) is 11.1 Å². The molecule has 0 spiro atoms. The zero-order chi connectivity index (χ0) is 24.9. The van der Waals surface area contributed by atoms with Gasteiger partial charge in [0.25, 0.3) is 0 Å². The van der Waals surface area contributed by atoms with Crippen LogP contribution < -0.4 is 0 Å². The number of carbonyl (C=O) groups excluding carboxylic acids is 2. The predicted molar refractivity (Wildman–Crippen MR) is 127 cm³/mol. The van der Waals surface area contributed by atoms with Gasteiger partial charge in [-0.05, 0) is 24.3 Å². The Morgan fingerprint density at radius 1 is 0.722 bits per heavy atom. The molecule has 0 bridgehead atoms. The van der Waals surface area contributed by atoms with Crippen LogP contribution in [0.2, 0.25) is 0 Å². The summed E-state index contributed by atoms with van der Waals surface area (Å²) in [5, 5.41) is 0. The number of esters is 2. The average molecular weight is 491 g/mol. The average Bonchev–Trinajstić information content (AvgIpc) is 2.95. The van der Waals surface area contributed by atoms with E-state index in [1.165, 1.54) is 7.11 Å². The van der Waals surface area contributed by atoms with E-state index in [2.05, 4.69) is 0 Å². The Kier molecular flexibility index (Phi) is 7.39. The van der Waals surface area contributed by atoms with Gasteiger partial charge in [-0.1, -0.05) is 66.7 Å². The van der Waals surface area contributed by atoms with Crippen LogP contribution in [0.1, 0.15) is 32.6 Å². The lowest BCUT2D eigenvalue weighted by Crippen LogP contribution is -2.64. The van der Waals surface area contributed by atoms with E-state index in [0.717, 1.165) is 5.56 Å². The minimum atomic E-state index is -1.09. The molecule has 2 fully saturated rings. The molecule has 2 heterocycles. The molecule has 36 heavy (non-hydrogen) atoms. The zero-order valence-electron chi connectivity index (χ0n) is 19.6. The summed E-state index contributed by atoms with van der Waals surface area (Å²) in [6.07, 6.45) is -5.23. The van der Waals surface area contributed by atoms with Crippen molar-refractivity contribution in [1.82, 2.24) is 0 Å². The van der Waals surface area contributed by atoms with Crippen molar-refractivity contribution in [2.45, 2.75) is 37.0 Å². The first kappa shape index (κ1) is 24.1. The normalized spacial score (nSPS) is 27.5. The first-order chi connectivity index (χ1) is 17.6. The Balaban J connectivity index is 1.46. The van der Waals surface area contributed by atoms with Crippen LogP contribution in [0.25, 0.3) is 0 Å². The van der Waals surface area contributed by atoms with E-state index in [4.69, 9.17) is 28.4 Å². The van der Waals surface area contributed by atoms with E-state index in [1.54, 1.807) is 60.7 Å². The second kappa shape index (κ2) is 11.0. The summed E-state index contributed by atoms with van der Waals surface area (Å²) in [5.41, 5.74) is 1.50. The Morgan fingerprint density at radius 3 is 1.81 bits per heavy atom. The van der Waals surface area contributed by atoms with Gasteiger partial charge in [-0.15, -0.1) is 0 Å². The quantitative estimate of drug-likeness (QED) is 0.481. The molecule has 0 amide bonds. The summed E-state index contributed by atoms with van der Waals surface area (Å²) in [6.45, 7) is 0.169. The van der Waals surface area contributed by atoms with E-state index in [-0.39, 0.29) is 6.61 Å². The van der Waals surface area contributed by atoms with Gasteiger partial charge in [-0.25, -0.2) is 9.59 Å². The molecule has 2 saturated heterocycles. The molecule has 2 aliphatic rings. The molecule has 0 radical (unpaired) electrons. The number of fused-ring (bicyclic) bond motifs is 1. The fourth-order valence-electron chi connectivity index (χ4n) is 4.31. The summed E-state index contributed by atoms with van der Waals surface area (Å²) in [6, 6.07) is 26.5. The smallest absolute Gasteiger partial charge is 0.338 e. The number of benzene rings is 3. The van der Waals surface area contributed by atoms with Crippen LogP contribution in [0, 0.1) is 0 Å². The minimum absolute atomic E-state index is 0.169. The Hall–Kier alpha value is -3.56. The topological polar surface area (TPSA) is 89.5 Å². The third kappa shape index (κ3) is 5.17. The number of methoxy groups -OCH3 is 1. The van der Waals surface area contributed by atoms with Crippen molar-refractivity contribution in [3.63, 3.8) is 0 Å². The fourth-order valence-corrected chi connectivity index (χ4v) is 4.31. The lowest BCUT2D eigenvalue weighted by molar-refractivity contribution is -0.356. The van der Waals surface area contributed by atoms with Gasteiger partial charge in [0.05, 0.1) is 17.7 Å². The highest BCUT2D eigenvalue weighted by atomic mass is 16.8. The van der Waals surface area contributed by atoms with Crippen molar-refractivity contribution in [3.8, 4) is 0 Å². The molecule has 0 aliphatic carbocycles. The van der Waals surface area contributed by atoms with Crippen molar-refractivity contribution in [1.29, 1.82) is 0 Å². The highest BCUT2D eigenvalue weighted by Gasteiger charge is 2.54. The molecule has 186 valence electrons. The van der Waals surface area contributed by atoms with Gasteiger partial charge >= 0.3 is 11.9 Å². The maximum Gasteiger partial charge on any atom is 0.338 e. The van der Waals surface area contributed by atoms with Crippen LogP contribution in [-0.2, 0) is 28.4 Å². The molecule has 2 aliphatic heterocycles. The first-order valence-corrected chi connectivity index (χ1v) is 11.7. The highest BCUT2D eigenvalue weighted by Crippen LogP contribution is 2.37. The maximum absolute atomic E-state index is 13.1. The third-order valence-electron chi connectivity index (χ3n) is 6.09. The third-order valence-corrected chi connectivity index (χ3v) is 6.09. The molecular formula is C28H26O8. The molecule has 0 saturated carbocycles. The van der Waals surface area contributed by atoms with Crippen LogP contribution in [0.4, 0.5) is 0 Å². The zero-order valence-corrected chi connectivity index (χ0v) is 19.6. The van der Waals surface area contributed by atoms with Gasteiger partial charge < -0.3 is 28.4 Å². The van der Waals surface area contributed by atoms with E-state index in [9.17, 15) is 9.59 Å². The lowest BCUT2D eigenvalue weighted by Gasteiger charge is -2.47. The Morgan fingerprint density at radius 2 is 1.25 bits per heavy atom. The van der Waals surface area contributed by atoms with Gasteiger partial charge in [0.1, 0.15) is 12.2 Å².